The summed E-state index contributed by atoms with van der Waals surface area (Å²) in [5.74, 6) is 0.919. The highest BCUT2D eigenvalue weighted by molar-refractivity contribution is 9.10. The maximum atomic E-state index is 9.29. The number of hydrogen-bond donors (Lipinski definition) is 1. The maximum absolute atomic E-state index is 9.29. The summed E-state index contributed by atoms with van der Waals surface area (Å²) in [6.07, 6.45) is 3.81. The molecule has 3 heteroatoms. The van der Waals surface area contributed by atoms with Crippen molar-refractivity contribution in [2.45, 2.75) is 32.3 Å². The standard InChI is InChI=1S/C9H13BrO2/c1-2-7(11)3-4-9-8(10)5-6-12-9/h5-7,11H,2-4H2,1H3. The number of aliphatic hydroxyl groups is 1. The molecule has 0 saturated carbocycles. The van der Waals surface area contributed by atoms with Crippen LogP contribution in [0.4, 0.5) is 0 Å². The highest BCUT2D eigenvalue weighted by Crippen LogP contribution is 2.19. The van der Waals surface area contributed by atoms with E-state index in [-0.39, 0.29) is 6.10 Å². The number of aliphatic hydroxyl groups excluding tert-OH is 1. The van der Waals surface area contributed by atoms with Crippen LogP contribution in [0.5, 0.6) is 0 Å². The van der Waals surface area contributed by atoms with Gasteiger partial charge in [-0.3, -0.25) is 0 Å². The van der Waals surface area contributed by atoms with E-state index in [9.17, 15) is 5.11 Å². The third-order valence-electron chi connectivity index (χ3n) is 1.87. The lowest BCUT2D eigenvalue weighted by Gasteiger charge is -2.04. The van der Waals surface area contributed by atoms with Crippen LogP contribution >= 0.6 is 15.9 Å². The number of hydrogen-bond acceptors (Lipinski definition) is 2. The van der Waals surface area contributed by atoms with Crippen molar-refractivity contribution < 1.29 is 9.52 Å². The average molecular weight is 233 g/mol. The summed E-state index contributed by atoms with van der Waals surface area (Å²) in [7, 11) is 0. The van der Waals surface area contributed by atoms with E-state index in [1.165, 1.54) is 0 Å². The van der Waals surface area contributed by atoms with Gasteiger partial charge in [0, 0.05) is 6.42 Å². The molecule has 12 heavy (non-hydrogen) atoms. The zero-order chi connectivity index (χ0) is 8.97. The van der Waals surface area contributed by atoms with Crippen LogP contribution in [0.3, 0.4) is 0 Å². The Kier molecular flexibility index (Phi) is 3.82. The van der Waals surface area contributed by atoms with E-state index < -0.39 is 0 Å². The van der Waals surface area contributed by atoms with Gasteiger partial charge in [-0.05, 0) is 34.8 Å². The predicted molar refractivity (Wildman–Crippen MR) is 51.0 cm³/mol. The highest BCUT2D eigenvalue weighted by atomic mass is 79.9. The molecule has 0 spiro atoms. The van der Waals surface area contributed by atoms with E-state index in [4.69, 9.17) is 4.42 Å². The molecule has 0 aliphatic heterocycles. The quantitative estimate of drug-likeness (QED) is 0.867. The summed E-state index contributed by atoms with van der Waals surface area (Å²) in [6, 6.07) is 1.87. The Morgan fingerprint density at radius 2 is 2.42 bits per heavy atom. The fourth-order valence-corrected chi connectivity index (χ4v) is 1.40. The molecule has 0 aliphatic rings. The molecule has 68 valence electrons. The number of aryl methyl sites for hydroxylation is 1. The second kappa shape index (κ2) is 4.67. The van der Waals surface area contributed by atoms with Gasteiger partial charge in [-0.1, -0.05) is 6.92 Å². The van der Waals surface area contributed by atoms with E-state index in [0.29, 0.717) is 0 Å². The third kappa shape index (κ3) is 2.64. The van der Waals surface area contributed by atoms with E-state index >= 15 is 0 Å². The van der Waals surface area contributed by atoms with Crippen LogP contribution in [0.15, 0.2) is 21.2 Å². The Morgan fingerprint density at radius 3 is 2.92 bits per heavy atom. The summed E-state index contributed by atoms with van der Waals surface area (Å²) >= 11 is 3.36. The first-order chi connectivity index (χ1) is 5.74. The summed E-state index contributed by atoms with van der Waals surface area (Å²) in [5.41, 5.74) is 0. The van der Waals surface area contributed by atoms with Crippen LogP contribution in [-0.4, -0.2) is 11.2 Å². The third-order valence-corrected chi connectivity index (χ3v) is 2.57. The second-order valence-electron chi connectivity index (χ2n) is 2.79. The lowest BCUT2D eigenvalue weighted by Crippen LogP contribution is -2.05. The largest absolute Gasteiger partial charge is 0.468 e. The summed E-state index contributed by atoms with van der Waals surface area (Å²) < 4.78 is 6.19. The minimum Gasteiger partial charge on any atom is -0.468 e. The summed E-state index contributed by atoms with van der Waals surface area (Å²) in [6.45, 7) is 1.97. The summed E-state index contributed by atoms with van der Waals surface area (Å²) in [4.78, 5) is 0. The molecule has 1 aromatic rings. The van der Waals surface area contributed by atoms with E-state index in [2.05, 4.69) is 15.9 Å². The maximum Gasteiger partial charge on any atom is 0.118 e. The van der Waals surface area contributed by atoms with Crippen molar-refractivity contribution in [1.29, 1.82) is 0 Å². The minimum atomic E-state index is -0.206. The number of rotatable bonds is 4. The predicted octanol–water partition coefficient (Wildman–Crippen LogP) is 2.75. The van der Waals surface area contributed by atoms with Crippen molar-refractivity contribution in [3.63, 3.8) is 0 Å². The molecule has 0 aliphatic carbocycles. The van der Waals surface area contributed by atoms with Gasteiger partial charge in [0.1, 0.15) is 5.76 Å². The molecule has 0 saturated heterocycles. The Morgan fingerprint density at radius 1 is 1.67 bits per heavy atom. The monoisotopic (exact) mass is 232 g/mol. The van der Waals surface area contributed by atoms with Crippen molar-refractivity contribution in [3.8, 4) is 0 Å². The van der Waals surface area contributed by atoms with Crippen LogP contribution < -0.4 is 0 Å². The van der Waals surface area contributed by atoms with Gasteiger partial charge in [0.05, 0.1) is 16.8 Å². The van der Waals surface area contributed by atoms with Crippen molar-refractivity contribution in [1.82, 2.24) is 0 Å². The molecule has 1 aromatic heterocycles. The molecule has 1 atom stereocenters. The molecule has 1 N–H and O–H groups in total. The Bertz CT molecular complexity index is 232. The van der Waals surface area contributed by atoms with Gasteiger partial charge in [-0.15, -0.1) is 0 Å². The lowest BCUT2D eigenvalue weighted by atomic mass is 10.1. The topological polar surface area (TPSA) is 33.4 Å². The lowest BCUT2D eigenvalue weighted by molar-refractivity contribution is 0.158. The van der Waals surface area contributed by atoms with Crippen LogP contribution in [0.25, 0.3) is 0 Å². The fraction of sp³-hybridized carbons (Fsp3) is 0.556. The van der Waals surface area contributed by atoms with E-state index in [1.54, 1.807) is 6.26 Å². The van der Waals surface area contributed by atoms with Crippen molar-refractivity contribution in [3.05, 3.63) is 22.6 Å². The highest BCUT2D eigenvalue weighted by Gasteiger charge is 2.06. The van der Waals surface area contributed by atoms with Gasteiger partial charge in [0.15, 0.2) is 0 Å². The molecule has 0 fully saturated rings. The van der Waals surface area contributed by atoms with Gasteiger partial charge >= 0.3 is 0 Å². The normalized spacial score (nSPS) is 13.2. The molecular weight excluding hydrogens is 220 g/mol. The molecule has 1 rings (SSSR count). The van der Waals surface area contributed by atoms with E-state index in [1.807, 2.05) is 13.0 Å². The molecule has 0 radical (unpaired) electrons. The zero-order valence-corrected chi connectivity index (χ0v) is 8.67. The van der Waals surface area contributed by atoms with Gasteiger partial charge in [0.25, 0.3) is 0 Å². The molecule has 0 bridgehead atoms. The van der Waals surface area contributed by atoms with Gasteiger partial charge < -0.3 is 9.52 Å². The van der Waals surface area contributed by atoms with Crippen LogP contribution in [0.1, 0.15) is 25.5 Å². The SMILES string of the molecule is CCC(O)CCc1occc1Br. The number of furan rings is 1. The first kappa shape index (κ1) is 9.81. The average Bonchev–Trinajstić information content (AvgIpc) is 2.47. The Hall–Kier alpha value is -0.280. The molecule has 2 nitrogen and oxygen atoms in total. The van der Waals surface area contributed by atoms with Crippen molar-refractivity contribution in [2.24, 2.45) is 0 Å². The smallest absolute Gasteiger partial charge is 0.118 e. The van der Waals surface area contributed by atoms with Gasteiger partial charge in [-0.25, -0.2) is 0 Å². The fourth-order valence-electron chi connectivity index (χ4n) is 1.01. The minimum absolute atomic E-state index is 0.206. The first-order valence-corrected chi connectivity index (χ1v) is 4.93. The molecule has 0 amide bonds. The van der Waals surface area contributed by atoms with Crippen LogP contribution in [-0.2, 0) is 6.42 Å². The van der Waals surface area contributed by atoms with Crippen LogP contribution in [0.2, 0.25) is 0 Å². The Labute approximate surface area is 80.7 Å². The Balaban J connectivity index is 2.38. The second-order valence-corrected chi connectivity index (χ2v) is 3.65. The van der Waals surface area contributed by atoms with Crippen molar-refractivity contribution >= 4 is 15.9 Å². The molecule has 1 heterocycles. The molecule has 1 unspecified atom stereocenters. The summed E-state index contributed by atoms with van der Waals surface area (Å²) in [5, 5.41) is 9.29. The van der Waals surface area contributed by atoms with Crippen molar-refractivity contribution in [2.75, 3.05) is 0 Å². The first-order valence-electron chi connectivity index (χ1n) is 4.14. The van der Waals surface area contributed by atoms with Crippen LogP contribution in [0, 0.1) is 0 Å². The van der Waals surface area contributed by atoms with Gasteiger partial charge in [0.2, 0.25) is 0 Å². The molecule has 0 aromatic carbocycles. The molecular formula is C9H13BrO2. The van der Waals surface area contributed by atoms with Gasteiger partial charge in [-0.2, -0.15) is 0 Å². The number of halogens is 1. The zero-order valence-electron chi connectivity index (χ0n) is 7.09. The van der Waals surface area contributed by atoms with E-state index in [0.717, 1.165) is 29.5 Å².